The van der Waals surface area contributed by atoms with Gasteiger partial charge in [0.1, 0.15) is 5.54 Å². The monoisotopic (exact) mass is 469 g/mol. The van der Waals surface area contributed by atoms with Crippen molar-refractivity contribution in [3.05, 3.63) is 89.5 Å². The minimum Gasteiger partial charge on any atom is -0.504 e. The molecule has 0 unspecified atom stereocenters. The predicted molar refractivity (Wildman–Crippen MR) is 126 cm³/mol. The summed E-state index contributed by atoms with van der Waals surface area (Å²) >= 11 is 0. The molecule has 176 valence electrons. The third kappa shape index (κ3) is 3.06. The van der Waals surface area contributed by atoms with E-state index in [9.17, 15) is 24.6 Å². The molecule has 3 aliphatic heterocycles. The van der Waals surface area contributed by atoms with E-state index >= 15 is 0 Å². The van der Waals surface area contributed by atoms with Crippen LogP contribution in [-0.4, -0.2) is 38.9 Å². The SMILES string of the molecule is O=C1[C@H]2[C@H](Cc3ccc(O)c(O)c3)N[C@]3(C(=O)Nc4ccccc43)[C@@H]2C(=O)N1Cc1ccccc1. The lowest BCUT2D eigenvalue weighted by Gasteiger charge is -2.29. The number of amides is 3. The summed E-state index contributed by atoms with van der Waals surface area (Å²) in [6, 6.07) is 20.4. The normalized spacial score (nSPS) is 26.8. The highest BCUT2D eigenvalue weighted by Gasteiger charge is 2.70. The summed E-state index contributed by atoms with van der Waals surface area (Å²) in [5, 5.41) is 25.9. The van der Waals surface area contributed by atoms with Crippen molar-refractivity contribution in [1.82, 2.24) is 10.2 Å². The van der Waals surface area contributed by atoms with Crippen molar-refractivity contribution >= 4 is 23.4 Å². The summed E-state index contributed by atoms with van der Waals surface area (Å²) in [7, 11) is 0. The van der Waals surface area contributed by atoms with Gasteiger partial charge in [-0.25, -0.2) is 0 Å². The zero-order valence-electron chi connectivity index (χ0n) is 18.6. The van der Waals surface area contributed by atoms with Gasteiger partial charge in [-0.05, 0) is 35.7 Å². The number of imide groups is 1. The number of phenols is 2. The van der Waals surface area contributed by atoms with E-state index < -0.39 is 23.4 Å². The van der Waals surface area contributed by atoms with Crippen molar-refractivity contribution in [2.45, 2.75) is 24.5 Å². The van der Waals surface area contributed by atoms with Gasteiger partial charge >= 0.3 is 0 Å². The summed E-state index contributed by atoms with van der Waals surface area (Å²) in [6.45, 7) is 0.136. The van der Waals surface area contributed by atoms with Crippen LogP contribution in [0.3, 0.4) is 0 Å². The van der Waals surface area contributed by atoms with E-state index in [-0.39, 0.29) is 42.2 Å². The smallest absolute Gasteiger partial charge is 0.250 e. The number of para-hydroxylation sites is 1. The van der Waals surface area contributed by atoms with E-state index in [1.807, 2.05) is 48.5 Å². The zero-order chi connectivity index (χ0) is 24.3. The highest BCUT2D eigenvalue weighted by molar-refractivity contribution is 6.15. The molecule has 3 aromatic rings. The fraction of sp³-hybridized carbons (Fsp3) is 0.222. The van der Waals surface area contributed by atoms with Crippen molar-refractivity contribution < 1.29 is 24.6 Å². The van der Waals surface area contributed by atoms with Gasteiger partial charge in [-0.1, -0.05) is 54.6 Å². The molecule has 0 aliphatic carbocycles. The third-order valence-electron chi connectivity index (χ3n) is 7.39. The van der Waals surface area contributed by atoms with Crippen LogP contribution in [-0.2, 0) is 32.9 Å². The zero-order valence-corrected chi connectivity index (χ0v) is 18.6. The van der Waals surface area contributed by atoms with Gasteiger partial charge in [0, 0.05) is 17.3 Å². The van der Waals surface area contributed by atoms with Crippen LogP contribution >= 0.6 is 0 Å². The molecule has 0 aromatic heterocycles. The topological polar surface area (TPSA) is 119 Å². The van der Waals surface area contributed by atoms with E-state index in [4.69, 9.17) is 0 Å². The summed E-state index contributed by atoms with van der Waals surface area (Å²) in [5.41, 5.74) is 1.39. The number of carbonyl (C=O) groups excluding carboxylic acids is 3. The fourth-order valence-electron chi connectivity index (χ4n) is 5.86. The number of fused-ring (bicyclic) bond motifs is 4. The molecular formula is C27H23N3O5. The predicted octanol–water partition coefficient (Wildman–Crippen LogP) is 2.26. The van der Waals surface area contributed by atoms with Gasteiger partial charge in [-0.3, -0.25) is 24.6 Å². The van der Waals surface area contributed by atoms with Crippen LogP contribution in [0.25, 0.3) is 0 Å². The second-order valence-corrected chi connectivity index (χ2v) is 9.34. The number of nitrogens with zero attached hydrogens (tertiary/aromatic N) is 1. The van der Waals surface area contributed by atoms with E-state index in [1.165, 1.54) is 17.0 Å². The maximum Gasteiger partial charge on any atom is 0.250 e. The number of carbonyl (C=O) groups is 3. The Labute approximate surface area is 201 Å². The molecule has 0 saturated carbocycles. The summed E-state index contributed by atoms with van der Waals surface area (Å²) in [6.07, 6.45) is 0.282. The van der Waals surface area contributed by atoms with Crippen LogP contribution in [0.5, 0.6) is 11.5 Å². The summed E-state index contributed by atoms with van der Waals surface area (Å²) in [4.78, 5) is 42.3. The van der Waals surface area contributed by atoms with Crippen LogP contribution in [0.2, 0.25) is 0 Å². The number of phenolic OH excluding ortho intramolecular Hbond substituents is 2. The number of anilines is 1. The lowest BCUT2D eigenvalue weighted by atomic mass is 9.76. The number of hydrogen-bond acceptors (Lipinski definition) is 6. The molecule has 6 rings (SSSR count). The molecule has 0 radical (unpaired) electrons. The number of benzene rings is 3. The van der Waals surface area contributed by atoms with Gasteiger partial charge < -0.3 is 15.5 Å². The second-order valence-electron chi connectivity index (χ2n) is 9.34. The van der Waals surface area contributed by atoms with Gasteiger partial charge in [-0.2, -0.15) is 0 Å². The number of aromatic hydroxyl groups is 2. The van der Waals surface area contributed by atoms with Crippen LogP contribution in [0.15, 0.2) is 72.8 Å². The van der Waals surface area contributed by atoms with E-state index in [0.717, 1.165) is 5.56 Å². The molecule has 3 heterocycles. The third-order valence-corrected chi connectivity index (χ3v) is 7.39. The van der Waals surface area contributed by atoms with Crippen LogP contribution in [0.1, 0.15) is 16.7 Å². The van der Waals surface area contributed by atoms with Crippen LogP contribution in [0, 0.1) is 11.8 Å². The van der Waals surface area contributed by atoms with Crippen LogP contribution < -0.4 is 10.6 Å². The Kier molecular flexibility index (Phi) is 4.69. The molecule has 8 heteroatoms. The second kappa shape index (κ2) is 7.68. The molecule has 1 spiro atoms. The molecule has 3 aliphatic rings. The van der Waals surface area contributed by atoms with Gasteiger partial charge in [0.25, 0.3) is 0 Å². The molecule has 35 heavy (non-hydrogen) atoms. The Bertz CT molecular complexity index is 1370. The number of likely N-dealkylation sites (tertiary alicyclic amines) is 1. The quantitative estimate of drug-likeness (QED) is 0.344. The maximum atomic E-state index is 13.8. The molecule has 4 atom stereocenters. The lowest BCUT2D eigenvalue weighted by molar-refractivity contribution is -0.143. The molecule has 4 N–H and O–H groups in total. The average Bonchev–Trinajstić information content (AvgIpc) is 3.43. The number of hydrogen-bond donors (Lipinski definition) is 4. The molecule has 8 nitrogen and oxygen atoms in total. The van der Waals surface area contributed by atoms with Crippen molar-refractivity contribution in [3.8, 4) is 11.5 Å². The Morgan fingerprint density at radius 1 is 0.829 bits per heavy atom. The van der Waals surface area contributed by atoms with Gasteiger partial charge in [-0.15, -0.1) is 0 Å². The van der Waals surface area contributed by atoms with Gasteiger partial charge in [0.2, 0.25) is 17.7 Å². The maximum absolute atomic E-state index is 13.8. The first-order valence-electron chi connectivity index (χ1n) is 11.5. The molecule has 2 fully saturated rings. The van der Waals surface area contributed by atoms with Crippen molar-refractivity contribution in [1.29, 1.82) is 0 Å². The Balaban J connectivity index is 1.44. The Hall–Kier alpha value is -4.17. The molecule has 3 amide bonds. The largest absolute Gasteiger partial charge is 0.504 e. The molecule has 3 aromatic carbocycles. The Morgan fingerprint density at radius 3 is 2.34 bits per heavy atom. The highest BCUT2D eigenvalue weighted by atomic mass is 16.3. The standard InChI is InChI=1S/C27H23N3O5/c31-20-11-10-16(13-21(20)32)12-19-22-23(25(34)30(24(22)33)14-15-6-2-1-3-7-15)27(29-19)17-8-4-5-9-18(17)28-26(27)35/h1-11,13,19,22-23,29,31-32H,12,14H2,(H,28,35)/t19-,22-,23-,27-/m0/s1. The lowest BCUT2D eigenvalue weighted by Crippen LogP contribution is -2.53. The fourth-order valence-corrected chi connectivity index (χ4v) is 5.86. The number of rotatable bonds is 4. The van der Waals surface area contributed by atoms with Crippen molar-refractivity contribution in [3.63, 3.8) is 0 Å². The first-order valence-corrected chi connectivity index (χ1v) is 11.5. The van der Waals surface area contributed by atoms with E-state index in [2.05, 4.69) is 10.6 Å². The number of nitrogens with one attached hydrogen (secondary N) is 2. The minimum absolute atomic E-state index is 0.136. The van der Waals surface area contributed by atoms with Gasteiger partial charge in [0.15, 0.2) is 11.5 Å². The summed E-state index contributed by atoms with van der Waals surface area (Å²) in [5.74, 6) is -3.23. The average molecular weight is 469 g/mol. The first kappa shape index (κ1) is 21.4. The van der Waals surface area contributed by atoms with Crippen LogP contribution in [0.4, 0.5) is 5.69 Å². The van der Waals surface area contributed by atoms with E-state index in [0.29, 0.717) is 16.8 Å². The Morgan fingerprint density at radius 2 is 1.57 bits per heavy atom. The molecular weight excluding hydrogens is 446 g/mol. The molecule has 0 bridgehead atoms. The minimum atomic E-state index is -1.37. The molecule has 2 saturated heterocycles. The van der Waals surface area contributed by atoms with Crippen molar-refractivity contribution in [2.24, 2.45) is 11.8 Å². The summed E-state index contributed by atoms with van der Waals surface area (Å²) < 4.78 is 0. The van der Waals surface area contributed by atoms with E-state index in [1.54, 1.807) is 12.1 Å². The van der Waals surface area contributed by atoms with Gasteiger partial charge in [0.05, 0.1) is 18.4 Å². The first-order chi connectivity index (χ1) is 16.9. The highest BCUT2D eigenvalue weighted by Crippen LogP contribution is 2.53. The van der Waals surface area contributed by atoms with Crippen molar-refractivity contribution in [2.75, 3.05) is 5.32 Å².